The Balaban J connectivity index is 2.07. The minimum absolute atomic E-state index is 0.370. The normalized spacial score (nSPS) is 16.0. The van der Waals surface area contributed by atoms with Crippen molar-refractivity contribution in [1.29, 1.82) is 0 Å². The number of rotatable bonds is 3. The summed E-state index contributed by atoms with van der Waals surface area (Å²) in [7, 11) is 0. The third-order valence-electron chi connectivity index (χ3n) is 3.14. The van der Waals surface area contributed by atoms with Gasteiger partial charge in [0.2, 0.25) is 0 Å². The fraction of sp³-hybridized carbons (Fsp3) is 0.500. The molecule has 0 unspecified atom stereocenters. The number of nitrogen functional groups attached to an aromatic ring is 1. The molecular formula is C14H20N4O3. The fourth-order valence-corrected chi connectivity index (χ4v) is 1.96. The molecule has 0 spiro atoms. The highest BCUT2D eigenvalue weighted by atomic mass is 16.6. The van der Waals surface area contributed by atoms with E-state index in [9.17, 15) is 9.59 Å². The van der Waals surface area contributed by atoms with Crippen molar-refractivity contribution in [1.82, 2.24) is 15.7 Å². The van der Waals surface area contributed by atoms with Crippen molar-refractivity contribution in [2.45, 2.75) is 44.8 Å². The summed E-state index contributed by atoms with van der Waals surface area (Å²) in [4.78, 5) is 27.5. The minimum Gasteiger partial charge on any atom is -0.444 e. The fourth-order valence-electron chi connectivity index (χ4n) is 1.96. The molecular weight excluding hydrogens is 272 g/mol. The van der Waals surface area contributed by atoms with E-state index in [0.29, 0.717) is 11.3 Å². The van der Waals surface area contributed by atoms with Gasteiger partial charge in [0.1, 0.15) is 5.60 Å². The quantitative estimate of drug-likeness (QED) is 0.441. The summed E-state index contributed by atoms with van der Waals surface area (Å²) in [5, 5.41) is 2.85. The van der Waals surface area contributed by atoms with Crippen molar-refractivity contribution in [3.63, 3.8) is 0 Å². The summed E-state index contributed by atoms with van der Waals surface area (Å²) in [6.45, 7) is 5.43. The van der Waals surface area contributed by atoms with Crippen molar-refractivity contribution < 1.29 is 14.3 Å². The van der Waals surface area contributed by atoms with E-state index in [4.69, 9.17) is 10.6 Å². The van der Waals surface area contributed by atoms with E-state index in [2.05, 4.69) is 10.3 Å². The van der Waals surface area contributed by atoms with Gasteiger partial charge in [-0.25, -0.2) is 10.6 Å². The highest BCUT2D eigenvalue weighted by Gasteiger charge is 2.47. The van der Waals surface area contributed by atoms with Gasteiger partial charge in [-0.2, -0.15) is 0 Å². The zero-order valence-corrected chi connectivity index (χ0v) is 12.4. The number of pyridine rings is 1. The SMILES string of the molecule is CC(C)(C)OC(=O)NC1(c2ccc(C(=O)NN)cn2)CC1. The Hall–Kier alpha value is -2.15. The highest BCUT2D eigenvalue weighted by molar-refractivity contribution is 5.93. The summed E-state index contributed by atoms with van der Waals surface area (Å²) in [5.74, 6) is 4.66. The zero-order valence-electron chi connectivity index (χ0n) is 12.4. The monoisotopic (exact) mass is 292 g/mol. The lowest BCUT2D eigenvalue weighted by Gasteiger charge is -2.23. The van der Waals surface area contributed by atoms with Crippen LogP contribution in [0.3, 0.4) is 0 Å². The molecule has 0 atom stereocenters. The van der Waals surface area contributed by atoms with Crippen LogP contribution in [0.2, 0.25) is 0 Å². The van der Waals surface area contributed by atoms with Crippen molar-refractivity contribution >= 4 is 12.0 Å². The van der Waals surface area contributed by atoms with Crippen molar-refractivity contribution in [3.05, 3.63) is 29.6 Å². The molecule has 114 valence electrons. The Morgan fingerprint density at radius 2 is 2.00 bits per heavy atom. The zero-order chi connectivity index (χ0) is 15.7. The average molecular weight is 292 g/mol. The Morgan fingerprint density at radius 3 is 2.43 bits per heavy atom. The maximum Gasteiger partial charge on any atom is 0.408 e. The first-order valence-corrected chi connectivity index (χ1v) is 6.74. The molecule has 0 aromatic carbocycles. The van der Waals surface area contributed by atoms with Gasteiger partial charge in [-0.1, -0.05) is 0 Å². The molecule has 1 aliphatic rings. The lowest BCUT2D eigenvalue weighted by molar-refractivity contribution is 0.0493. The number of ether oxygens (including phenoxy) is 1. The van der Waals surface area contributed by atoms with E-state index in [1.54, 1.807) is 12.1 Å². The lowest BCUT2D eigenvalue weighted by atomic mass is 10.1. The first kappa shape index (κ1) is 15.2. The van der Waals surface area contributed by atoms with Crippen LogP contribution in [0.5, 0.6) is 0 Å². The Morgan fingerprint density at radius 1 is 1.33 bits per heavy atom. The molecule has 0 saturated heterocycles. The van der Waals surface area contributed by atoms with Crippen LogP contribution in [-0.2, 0) is 10.3 Å². The van der Waals surface area contributed by atoms with Crippen LogP contribution >= 0.6 is 0 Å². The summed E-state index contributed by atoms with van der Waals surface area (Å²) < 4.78 is 5.26. The van der Waals surface area contributed by atoms with Gasteiger partial charge in [0.05, 0.1) is 16.8 Å². The molecule has 7 heteroatoms. The number of nitrogens with one attached hydrogen (secondary N) is 2. The molecule has 0 radical (unpaired) electrons. The van der Waals surface area contributed by atoms with Crippen LogP contribution in [0.25, 0.3) is 0 Å². The Kier molecular flexibility index (Phi) is 3.87. The summed E-state index contributed by atoms with van der Waals surface area (Å²) in [6, 6.07) is 3.34. The molecule has 0 aliphatic heterocycles. The molecule has 1 fully saturated rings. The van der Waals surface area contributed by atoms with E-state index < -0.39 is 23.1 Å². The summed E-state index contributed by atoms with van der Waals surface area (Å²) in [5.41, 5.74) is 2.09. The molecule has 21 heavy (non-hydrogen) atoms. The second-order valence-electron chi connectivity index (χ2n) is 6.11. The summed E-state index contributed by atoms with van der Waals surface area (Å²) >= 11 is 0. The third-order valence-corrected chi connectivity index (χ3v) is 3.14. The van der Waals surface area contributed by atoms with Crippen molar-refractivity contribution in [2.24, 2.45) is 5.84 Å². The van der Waals surface area contributed by atoms with E-state index in [1.165, 1.54) is 6.20 Å². The van der Waals surface area contributed by atoms with Gasteiger partial charge in [0.15, 0.2) is 0 Å². The van der Waals surface area contributed by atoms with Gasteiger partial charge >= 0.3 is 6.09 Å². The minimum atomic E-state index is -0.545. The number of carbonyl (C=O) groups is 2. The van der Waals surface area contributed by atoms with Crippen LogP contribution in [0.4, 0.5) is 4.79 Å². The Labute approximate surface area is 123 Å². The number of hydrogen-bond donors (Lipinski definition) is 3. The second-order valence-corrected chi connectivity index (χ2v) is 6.11. The third kappa shape index (κ3) is 3.69. The first-order chi connectivity index (χ1) is 9.76. The first-order valence-electron chi connectivity index (χ1n) is 6.74. The van der Waals surface area contributed by atoms with Crippen LogP contribution in [0.1, 0.15) is 49.7 Å². The number of nitrogens with zero attached hydrogens (tertiary/aromatic N) is 1. The molecule has 1 saturated carbocycles. The maximum atomic E-state index is 11.9. The molecule has 1 aliphatic carbocycles. The topological polar surface area (TPSA) is 106 Å². The molecule has 1 heterocycles. The number of hydrazine groups is 1. The molecule has 0 bridgehead atoms. The standard InChI is InChI=1S/C14H20N4O3/c1-13(2,3)21-12(20)17-14(6-7-14)10-5-4-9(8-16-10)11(19)18-15/h4-5,8H,6-7,15H2,1-3H3,(H,17,20)(H,18,19). The van der Waals surface area contributed by atoms with Crippen LogP contribution < -0.4 is 16.6 Å². The van der Waals surface area contributed by atoms with Gasteiger partial charge in [0.25, 0.3) is 5.91 Å². The molecule has 7 nitrogen and oxygen atoms in total. The van der Waals surface area contributed by atoms with E-state index in [0.717, 1.165) is 12.8 Å². The van der Waals surface area contributed by atoms with Crippen LogP contribution in [-0.4, -0.2) is 22.6 Å². The highest BCUT2D eigenvalue weighted by Crippen LogP contribution is 2.44. The lowest BCUT2D eigenvalue weighted by Crippen LogP contribution is -2.39. The maximum absolute atomic E-state index is 11.9. The van der Waals surface area contributed by atoms with E-state index in [-0.39, 0.29) is 0 Å². The number of alkyl carbamates (subject to hydrolysis) is 1. The molecule has 2 amide bonds. The molecule has 1 aromatic rings. The van der Waals surface area contributed by atoms with Crippen molar-refractivity contribution in [3.8, 4) is 0 Å². The van der Waals surface area contributed by atoms with Gasteiger partial charge in [-0.15, -0.1) is 0 Å². The summed E-state index contributed by atoms with van der Waals surface area (Å²) in [6.07, 6.45) is 2.56. The van der Waals surface area contributed by atoms with Gasteiger partial charge < -0.3 is 10.1 Å². The van der Waals surface area contributed by atoms with Gasteiger partial charge in [0, 0.05) is 6.20 Å². The Bertz CT molecular complexity index is 544. The van der Waals surface area contributed by atoms with Gasteiger partial charge in [-0.05, 0) is 45.7 Å². The predicted octanol–water partition coefficient (Wildman–Crippen LogP) is 1.20. The average Bonchev–Trinajstić information content (AvgIpc) is 3.16. The number of nitrogens with two attached hydrogens (primary N) is 1. The molecule has 4 N–H and O–H groups in total. The number of amides is 2. The van der Waals surface area contributed by atoms with Gasteiger partial charge in [-0.3, -0.25) is 15.2 Å². The largest absolute Gasteiger partial charge is 0.444 e. The van der Waals surface area contributed by atoms with E-state index in [1.807, 2.05) is 26.2 Å². The van der Waals surface area contributed by atoms with Crippen LogP contribution in [0.15, 0.2) is 18.3 Å². The number of aromatic nitrogens is 1. The van der Waals surface area contributed by atoms with Crippen LogP contribution in [0, 0.1) is 0 Å². The second kappa shape index (κ2) is 5.33. The number of hydrogen-bond acceptors (Lipinski definition) is 5. The predicted molar refractivity (Wildman–Crippen MR) is 76.2 cm³/mol. The smallest absolute Gasteiger partial charge is 0.408 e. The number of carbonyl (C=O) groups excluding carboxylic acids is 2. The van der Waals surface area contributed by atoms with Crippen molar-refractivity contribution in [2.75, 3.05) is 0 Å². The molecule has 2 rings (SSSR count). The molecule has 1 aromatic heterocycles. The van der Waals surface area contributed by atoms with E-state index >= 15 is 0 Å².